The van der Waals surface area contributed by atoms with Gasteiger partial charge in [0, 0.05) is 12.0 Å². The highest BCUT2D eigenvalue weighted by atomic mass is 32.2. The lowest BCUT2D eigenvalue weighted by Crippen LogP contribution is -2.61. The van der Waals surface area contributed by atoms with E-state index >= 15 is 0 Å². The van der Waals surface area contributed by atoms with Crippen LogP contribution in [0.15, 0.2) is 12.2 Å². The summed E-state index contributed by atoms with van der Waals surface area (Å²) in [5.74, 6) is -2.48. The maximum absolute atomic E-state index is 13.3. The smallest absolute Gasteiger partial charge is 0.456 e. The van der Waals surface area contributed by atoms with Crippen molar-refractivity contribution in [3.63, 3.8) is 0 Å². The van der Waals surface area contributed by atoms with Crippen LogP contribution in [0, 0.1) is 11.8 Å². The van der Waals surface area contributed by atoms with E-state index < -0.39 is 45.3 Å². The summed E-state index contributed by atoms with van der Waals surface area (Å²) in [5.41, 5.74) is -1.28. The third-order valence-corrected chi connectivity index (χ3v) is 6.54. The van der Waals surface area contributed by atoms with Gasteiger partial charge in [0.25, 0.3) is 0 Å². The van der Waals surface area contributed by atoms with Crippen LogP contribution in [-0.4, -0.2) is 48.2 Å². The Morgan fingerprint density at radius 2 is 1.71 bits per heavy atom. The van der Waals surface area contributed by atoms with Crippen LogP contribution in [0.3, 0.4) is 0 Å². The quantitative estimate of drug-likeness (QED) is 0.286. The van der Waals surface area contributed by atoms with Gasteiger partial charge in [0.05, 0.1) is 5.60 Å². The fraction of sp³-hybridized carbons (Fsp3) is 0.765. The van der Waals surface area contributed by atoms with E-state index in [9.17, 15) is 26.8 Å². The summed E-state index contributed by atoms with van der Waals surface area (Å²) >= 11 is 0. The minimum Gasteiger partial charge on any atom is -0.456 e. The molecular formula is C17H22F2O8S. The molecule has 4 saturated carbocycles. The molecule has 0 saturated heterocycles. The monoisotopic (exact) mass is 424 g/mol. The van der Waals surface area contributed by atoms with Crippen LogP contribution in [0.2, 0.25) is 0 Å². The summed E-state index contributed by atoms with van der Waals surface area (Å²) in [6.07, 6.45) is 3.82. The maximum atomic E-state index is 13.3. The highest BCUT2D eigenvalue weighted by Gasteiger charge is 2.61. The molecule has 0 radical (unpaired) electrons. The molecule has 0 spiro atoms. The van der Waals surface area contributed by atoms with Crippen molar-refractivity contribution in [3.05, 3.63) is 12.2 Å². The Kier molecular flexibility index (Phi) is 5.08. The highest BCUT2D eigenvalue weighted by Crippen LogP contribution is 2.60. The fourth-order valence-corrected chi connectivity index (χ4v) is 5.33. The number of carbonyl (C=O) groups is 2. The first-order valence-corrected chi connectivity index (χ1v) is 10.3. The van der Waals surface area contributed by atoms with Gasteiger partial charge < -0.3 is 14.2 Å². The largest absolute Gasteiger partial charge is 0.465 e. The zero-order valence-corrected chi connectivity index (χ0v) is 16.1. The van der Waals surface area contributed by atoms with Gasteiger partial charge in [-0.2, -0.15) is 17.2 Å². The van der Waals surface area contributed by atoms with Crippen molar-refractivity contribution in [1.82, 2.24) is 0 Å². The summed E-state index contributed by atoms with van der Waals surface area (Å²) in [4.78, 5) is 23.4. The third-order valence-electron chi connectivity index (χ3n) is 5.73. The molecule has 11 heteroatoms. The molecule has 2 atom stereocenters. The first kappa shape index (κ1) is 21.1. The predicted octanol–water partition coefficient (Wildman–Crippen LogP) is 2.20. The summed E-state index contributed by atoms with van der Waals surface area (Å²) in [7, 11) is -5.94. The molecular weight excluding hydrogens is 402 g/mol. The number of hydrogen-bond acceptors (Lipinski definition) is 7. The lowest BCUT2D eigenvalue weighted by molar-refractivity contribution is -0.253. The highest BCUT2D eigenvalue weighted by molar-refractivity contribution is 7.87. The Bertz CT molecular complexity index is 792. The zero-order valence-electron chi connectivity index (χ0n) is 15.3. The molecule has 4 aliphatic carbocycles. The fourth-order valence-electron chi connectivity index (χ4n) is 5.07. The zero-order chi connectivity index (χ0) is 21.0. The van der Waals surface area contributed by atoms with Crippen LogP contribution in [0.4, 0.5) is 8.78 Å². The van der Waals surface area contributed by atoms with Crippen LogP contribution in [0.1, 0.15) is 45.4 Å². The minimum atomic E-state index is -5.94. The van der Waals surface area contributed by atoms with Crippen molar-refractivity contribution in [3.8, 4) is 0 Å². The summed E-state index contributed by atoms with van der Waals surface area (Å²) in [5, 5.41) is -5.07. The van der Waals surface area contributed by atoms with E-state index in [1.54, 1.807) is 6.92 Å². The summed E-state index contributed by atoms with van der Waals surface area (Å²) in [6.45, 7) is 4.23. The molecule has 4 fully saturated rings. The standard InChI is InChI=1S/C17H22F2O8S/c1-10(2)13(20)27-16-6-11-3-12(7-16)5-15(4-11,8-16)26-9-25-14(21)17(18,19)28(22,23)24/h11-12H,1,3-9H2,2H3,(H,22,23,24). The first-order chi connectivity index (χ1) is 12.8. The SMILES string of the molecule is C=C(C)C(=O)OC12CC3CC(CC(OCOC(=O)C(F)(F)S(=O)(=O)O)(C3)C1)C2. The van der Waals surface area contributed by atoms with Crippen molar-refractivity contribution < 1.29 is 45.6 Å². The molecule has 158 valence electrons. The molecule has 28 heavy (non-hydrogen) atoms. The minimum absolute atomic E-state index is 0.217. The second-order valence-electron chi connectivity index (χ2n) is 8.18. The van der Waals surface area contributed by atoms with Crippen molar-refractivity contribution in [2.45, 2.75) is 61.9 Å². The van der Waals surface area contributed by atoms with Crippen molar-refractivity contribution >= 4 is 22.1 Å². The molecule has 8 nitrogen and oxygen atoms in total. The van der Waals surface area contributed by atoms with Crippen molar-refractivity contribution in [2.24, 2.45) is 11.8 Å². The second-order valence-corrected chi connectivity index (χ2v) is 9.65. The van der Waals surface area contributed by atoms with Gasteiger partial charge in [-0.05, 0) is 50.9 Å². The van der Waals surface area contributed by atoms with E-state index in [0.717, 1.165) is 6.42 Å². The van der Waals surface area contributed by atoms with E-state index in [-0.39, 0.29) is 17.4 Å². The van der Waals surface area contributed by atoms with Crippen LogP contribution in [-0.2, 0) is 33.9 Å². The molecule has 1 N–H and O–H groups in total. The molecule has 4 rings (SSSR count). The van der Waals surface area contributed by atoms with Crippen LogP contribution >= 0.6 is 0 Å². The number of alkyl halides is 2. The van der Waals surface area contributed by atoms with E-state index in [1.807, 2.05) is 0 Å². The van der Waals surface area contributed by atoms with Gasteiger partial charge in [0.1, 0.15) is 5.60 Å². The number of halogens is 2. The maximum Gasteiger partial charge on any atom is 0.465 e. The summed E-state index contributed by atoms with van der Waals surface area (Å²) < 4.78 is 71.7. The average Bonchev–Trinajstić information content (AvgIpc) is 2.51. The Morgan fingerprint density at radius 3 is 2.21 bits per heavy atom. The third kappa shape index (κ3) is 3.79. The van der Waals surface area contributed by atoms with Gasteiger partial charge in [0.15, 0.2) is 6.79 Å². The van der Waals surface area contributed by atoms with Gasteiger partial charge in [-0.15, -0.1) is 0 Å². The van der Waals surface area contributed by atoms with E-state index in [2.05, 4.69) is 11.3 Å². The van der Waals surface area contributed by atoms with Crippen molar-refractivity contribution in [2.75, 3.05) is 6.79 Å². The van der Waals surface area contributed by atoms with Gasteiger partial charge in [-0.25, -0.2) is 9.59 Å². The molecule has 4 aliphatic rings. The topological polar surface area (TPSA) is 116 Å². The Labute approximate surface area is 160 Å². The van der Waals surface area contributed by atoms with E-state index in [0.29, 0.717) is 32.1 Å². The number of hydrogen-bond donors (Lipinski definition) is 1. The number of esters is 2. The Hall–Kier alpha value is -1.59. The second kappa shape index (κ2) is 6.74. The molecule has 0 amide bonds. The molecule has 0 aromatic heterocycles. The Balaban J connectivity index is 1.67. The van der Waals surface area contributed by atoms with Crippen LogP contribution < -0.4 is 0 Å². The molecule has 2 unspecified atom stereocenters. The normalized spacial score (nSPS) is 34.1. The van der Waals surface area contributed by atoms with Gasteiger partial charge in [-0.1, -0.05) is 6.58 Å². The lowest BCUT2D eigenvalue weighted by atomic mass is 9.52. The average molecular weight is 424 g/mol. The van der Waals surface area contributed by atoms with Gasteiger partial charge in [-0.3, -0.25) is 4.55 Å². The van der Waals surface area contributed by atoms with Gasteiger partial charge in [0.2, 0.25) is 0 Å². The lowest BCUT2D eigenvalue weighted by Gasteiger charge is -2.60. The molecule has 0 aromatic carbocycles. The molecule has 0 heterocycles. The molecule has 4 bridgehead atoms. The molecule has 0 aliphatic heterocycles. The predicted molar refractivity (Wildman–Crippen MR) is 89.6 cm³/mol. The number of rotatable bonds is 7. The Morgan fingerprint density at radius 1 is 1.18 bits per heavy atom. The van der Waals surface area contributed by atoms with Crippen LogP contribution in [0.5, 0.6) is 0 Å². The van der Waals surface area contributed by atoms with Crippen LogP contribution in [0.25, 0.3) is 0 Å². The molecule has 0 aromatic rings. The van der Waals surface area contributed by atoms with Crippen molar-refractivity contribution in [1.29, 1.82) is 0 Å². The van der Waals surface area contributed by atoms with E-state index in [1.165, 1.54) is 0 Å². The summed E-state index contributed by atoms with van der Waals surface area (Å²) in [6, 6.07) is 0. The number of carbonyl (C=O) groups excluding carboxylic acids is 2. The van der Waals surface area contributed by atoms with Gasteiger partial charge >= 0.3 is 27.3 Å². The first-order valence-electron chi connectivity index (χ1n) is 8.82. The number of ether oxygens (including phenoxy) is 3. The van der Waals surface area contributed by atoms with E-state index in [4.69, 9.17) is 14.0 Å².